The third kappa shape index (κ3) is 5.15. The lowest BCUT2D eigenvalue weighted by Crippen LogP contribution is -2.23. The molecular formula is C19H36N2O2. The van der Waals surface area contributed by atoms with E-state index in [0.717, 1.165) is 30.2 Å². The summed E-state index contributed by atoms with van der Waals surface area (Å²) in [6.45, 7) is 6.87. The fraction of sp³-hybridized carbons (Fsp3) is 0.842. The van der Waals surface area contributed by atoms with Crippen molar-refractivity contribution in [3.05, 3.63) is 5.56 Å². The molecule has 1 aromatic heterocycles. The maximum absolute atomic E-state index is 5.66. The molecule has 0 radical (unpaired) electrons. The van der Waals surface area contributed by atoms with Crippen molar-refractivity contribution in [2.24, 2.45) is 7.05 Å². The van der Waals surface area contributed by atoms with Gasteiger partial charge in [-0.3, -0.25) is 0 Å². The maximum atomic E-state index is 5.66. The fourth-order valence-electron chi connectivity index (χ4n) is 3.46. The number of rotatable bonds is 12. The summed E-state index contributed by atoms with van der Waals surface area (Å²) >= 11 is 0. The number of hydrogen-bond acceptors (Lipinski definition) is 3. The summed E-state index contributed by atoms with van der Waals surface area (Å²) in [6.07, 6.45) is 11.2. The van der Waals surface area contributed by atoms with Gasteiger partial charge in [0.2, 0.25) is 11.8 Å². The monoisotopic (exact) mass is 324 g/mol. The zero-order chi connectivity index (χ0) is 17.3. The molecule has 0 fully saturated rings. The molecule has 4 nitrogen and oxygen atoms in total. The second kappa shape index (κ2) is 9.84. The molecule has 23 heavy (non-hydrogen) atoms. The lowest BCUT2D eigenvalue weighted by Gasteiger charge is -2.30. The van der Waals surface area contributed by atoms with Crippen molar-refractivity contribution >= 4 is 0 Å². The van der Waals surface area contributed by atoms with Crippen molar-refractivity contribution < 1.29 is 9.47 Å². The summed E-state index contributed by atoms with van der Waals surface area (Å²) < 4.78 is 13.0. The third-order valence-electron chi connectivity index (χ3n) is 4.87. The number of aromatic nitrogens is 2. The highest BCUT2D eigenvalue weighted by atomic mass is 16.5. The molecule has 0 saturated carbocycles. The van der Waals surface area contributed by atoms with Crippen molar-refractivity contribution in [1.29, 1.82) is 0 Å². The minimum absolute atomic E-state index is 0.0634. The van der Waals surface area contributed by atoms with Gasteiger partial charge in [-0.25, -0.2) is 4.68 Å². The molecule has 0 aliphatic carbocycles. The molecular weight excluding hydrogens is 288 g/mol. The van der Waals surface area contributed by atoms with Crippen LogP contribution >= 0.6 is 0 Å². The Morgan fingerprint density at radius 2 is 1.48 bits per heavy atom. The first-order valence-corrected chi connectivity index (χ1v) is 9.19. The van der Waals surface area contributed by atoms with Crippen molar-refractivity contribution in [3.8, 4) is 11.8 Å². The van der Waals surface area contributed by atoms with Gasteiger partial charge in [-0.2, -0.15) is 0 Å². The third-order valence-corrected chi connectivity index (χ3v) is 4.87. The Morgan fingerprint density at radius 1 is 0.913 bits per heavy atom. The van der Waals surface area contributed by atoms with Gasteiger partial charge < -0.3 is 9.47 Å². The smallest absolute Gasteiger partial charge is 0.240 e. The van der Waals surface area contributed by atoms with E-state index in [9.17, 15) is 0 Å². The summed E-state index contributed by atoms with van der Waals surface area (Å²) in [4.78, 5) is 0. The Kier molecular flexibility index (Phi) is 8.49. The number of methoxy groups -OCH3 is 2. The Morgan fingerprint density at radius 3 is 2.00 bits per heavy atom. The first-order valence-electron chi connectivity index (χ1n) is 9.19. The van der Waals surface area contributed by atoms with Gasteiger partial charge >= 0.3 is 0 Å². The molecule has 134 valence electrons. The predicted octanol–water partition coefficient (Wildman–Crippen LogP) is 5.25. The molecule has 4 heteroatoms. The topological polar surface area (TPSA) is 36.3 Å². The highest BCUT2D eigenvalue weighted by molar-refractivity contribution is 5.43. The molecule has 1 atom stereocenters. The van der Waals surface area contributed by atoms with E-state index >= 15 is 0 Å². The highest BCUT2D eigenvalue weighted by Gasteiger charge is 2.35. The standard InChI is InChI=1S/C19H36N2O2/c1-7-9-11-13-15-19(3,14-12-10-8-2)16-17(22-5)20-21(4)18(16)23-6/h7-15H2,1-6H3. The van der Waals surface area contributed by atoms with Crippen molar-refractivity contribution in [3.63, 3.8) is 0 Å². The first-order chi connectivity index (χ1) is 11.0. The van der Waals surface area contributed by atoms with Crippen LogP contribution in [0.5, 0.6) is 11.8 Å². The van der Waals surface area contributed by atoms with E-state index in [1.54, 1.807) is 18.9 Å². The zero-order valence-corrected chi connectivity index (χ0v) is 16.1. The summed E-state index contributed by atoms with van der Waals surface area (Å²) in [6, 6.07) is 0. The second-order valence-corrected chi connectivity index (χ2v) is 6.85. The normalized spacial score (nSPS) is 13.8. The van der Waals surface area contributed by atoms with Gasteiger partial charge in [0, 0.05) is 12.5 Å². The average molecular weight is 325 g/mol. The van der Waals surface area contributed by atoms with E-state index in [-0.39, 0.29) is 5.41 Å². The van der Waals surface area contributed by atoms with Crippen LogP contribution in [0.2, 0.25) is 0 Å². The molecule has 0 amide bonds. The Balaban J connectivity index is 3.06. The quantitative estimate of drug-likeness (QED) is 0.493. The number of aryl methyl sites for hydroxylation is 1. The molecule has 1 aromatic rings. The van der Waals surface area contributed by atoms with E-state index in [4.69, 9.17) is 9.47 Å². The Bertz CT molecular complexity index is 456. The van der Waals surface area contributed by atoms with Crippen LogP contribution in [0.1, 0.15) is 84.1 Å². The molecule has 1 heterocycles. The minimum atomic E-state index is 0.0634. The van der Waals surface area contributed by atoms with Gasteiger partial charge in [-0.1, -0.05) is 65.7 Å². The van der Waals surface area contributed by atoms with Crippen LogP contribution in [0.3, 0.4) is 0 Å². The van der Waals surface area contributed by atoms with Gasteiger partial charge in [-0.05, 0) is 12.8 Å². The largest absolute Gasteiger partial charge is 0.481 e. The highest BCUT2D eigenvalue weighted by Crippen LogP contribution is 2.44. The SMILES string of the molecule is CCCCCCC(C)(CCCCC)c1c(OC)nn(C)c1OC. The van der Waals surface area contributed by atoms with Crippen LogP contribution in [0, 0.1) is 0 Å². The van der Waals surface area contributed by atoms with Gasteiger partial charge in [0.1, 0.15) is 0 Å². The van der Waals surface area contributed by atoms with Crippen LogP contribution in [0.25, 0.3) is 0 Å². The lowest BCUT2D eigenvalue weighted by molar-refractivity contribution is 0.315. The lowest BCUT2D eigenvalue weighted by atomic mass is 9.74. The molecule has 0 bridgehead atoms. The summed E-state index contributed by atoms with van der Waals surface area (Å²) in [5.41, 5.74) is 1.21. The molecule has 1 unspecified atom stereocenters. The molecule has 0 aliphatic heterocycles. The van der Waals surface area contributed by atoms with Crippen LogP contribution in [0.15, 0.2) is 0 Å². The summed E-state index contributed by atoms with van der Waals surface area (Å²) in [5.74, 6) is 1.56. The van der Waals surface area contributed by atoms with Crippen molar-refractivity contribution in [2.45, 2.75) is 84.0 Å². The van der Waals surface area contributed by atoms with Gasteiger partial charge in [0.05, 0.1) is 19.8 Å². The number of hydrogen-bond donors (Lipinski definition) is 0. The van der Waals surface area contributed by atoms with Gasteiger partial charge in [-0.15, -0.1) is 5.10 Å². The zero-order valence-electron chi connectivity index (χ0n) is 16.1. The van der Waals surface area contributed by atoms with Crippen LogP contribution in [-0.4, -0.2) is 24.0 Å². The molecule has 0 N–H and O–H groups in total. The molecule has 0 saturated heterocycles. The van der Waals surface area contributed by atoms with Crippen LogP contribution in [-0.2, 0) is 12.5 Å². The van der Waals surface area contributed by atoms with Gasteiger partial charge in [0.15, 0.2) is 0 Å². The minimum Gasteiger partial charge on any atom is -0.481 e. The number of ether oxygens (including phenoxy) is 2. The Hall–Kier alpha value is -1.19. The molecule has 0 aromatic carbocycles. The van der Waals surface area contributed by atoms with E-state index in [0.29, 0.717) is 0 Å². The van der Waals surface area contributed by atoms with E-state index in [1.165, 1.54) is 44.9 Å². The first kappa shape index (κ1) is 19.9. The number of nitrogens with zero attached hydrogens (tertiary/aromatic N) is 2. The summed E-state index contributed by atoms with van der Waals surface area (Å²) in [5, 5.41) is 4.51. The van der Waals surface area contributed by atoms with E-state index in [1.807, 2.05) is 7.05 Å². The Labute approximate surface area is 142 Å². The van der Waals surface area contributed by atoms with Gasteiger partial charge in [0.25, 0.3) is 0 Å². The molecule has 0 spiro atoms. The van der Waals surface area contributed by atoms with Crippen LogP contribution < -0.4 is 9.47 Å². The predicted molar refractivity (Wildman–Crippen MR) is 96.6 cm³/mol. The van der Waals surface area contributed by atoms with E-state index < -0.39 is 0 Å². The van der Waals surface area contributed by atoms with E-state index in [2.05, 4.69) is 25.9 Å². The maximum Gasteiger partial charge on any atom is 0.240 e. The second-order valence-electron chi connectivity index (χ2n) is 6.85. The molecule has 1 rings (SSSR count). The average Bonchev–Trinajstić information content (AvgIpc) is 2.88. The van der Waals surface area contributed by atoms with Crippen LogP contribution in [0.4, 0.5) is 0 Å². The fourth-order valence-corrected chi connectivity index (χ4v) is 3.46. The van der Waals surface area contributed by atoms with Crippen molar-refractivity contribution in [1.82, 2.24) is 9.78 Å². The summed E-state index contributed by atoms with van der Waals surface area (Å²) in [7, 11) is 5.35. The number of unbranched alkanes of at least 4 members (excludes halogenated alkanes) is 5. The van der Waals surface area contributed by atoms with Crippen molar-refractivity contribution in [2.75, 3.05) is 14.2 Å². The molecule has 0 aliphatic rings.